The average Bonchev–Trinajstić information content (AvgIpc) is 2.31. The summed E-state index contributed by atoms with van der Waals surface area (Å²) in [5.41, 5.74) is 0. The molecule has 4 heteroatoms. The van der Waals surface area contributed by atoms with Crippen LogP contribution in [0.2, 0.25) is 0 Å². The largest absolute Gasteiger partial charge is 0 e. The first-order valence-corrected chi connectivity index (χ1v) is 3.15. The van der Waals surface area contributed by atoms with Crippen LogP contribution in [0.25, 0.3) is 13.2 Å². The van der Waals surface area contributed by atoms with Gasteiger partial charge in [0.05, 0.1) is 0 Å². The van der Waals surface area contributed by atoms with Gasteiger partial charge in [-0.15, -0.1) is 0 Å². The van der Waals surface area contributed by atoms with Crippen LogP contribution in [-0.4, -0.2) is 0 Å². The molecule has 0 amide bonds. The fourth-order valence-electron chi connectivity index (χ4n) is 0.557. The van der Waals surface area contributed by atoms with Gasteiger partial charge in [-0.25, -0.2) is 0 Å². The molecule has 0 spiro atoms. The van der Waals surface area contributed by atoms with Crippen molar-refractivity contribution in [2.45, 2.75) is 0 Å². The van der Waals surface area contributed by atoms with Gasteiger partial charge in [0.15, 0.2) is 0 Å². The molecule has 0 atom stereocenters. The van der Waals surface area contributed by atoms with E-state index in [1.54, 1.807) is 0 Å². The maximum Gasteiger partial charge on any atom is 0 e. The molecule has 1 rings (SSSR count). The van der Waals surface area contributed by atoms with Gasteiger partial charge in [0.2, 0.25) is 0 Å². The number of benzene rings is 1. The molecule has 0 bridgehead atoms. The smallest absolute Gasteiger partial charge is 0 e. The Kier molecular flexibility index (Phi) is 36.0. The minimum absolute atomic E-state index is 0. The van der Waals surface area contributed by atoms with Crippen molar-refractivity contribution in [1.82, 2.24) is 0 Å². The molecule has 0 saturated carbocycles. The third kappa shape index (κ3) is 15.5. The van der Waals surface area contributed by atoms with Crippen LogP contribution in [0.3, 0.4) is 0 Å². The fourth-order valence-corrected chi connectivity index (χ4v) is 0.557. The maximum atomic E-state index is 7.50. The second kappa shape index (κ2) is 23.0. The number of rotatable bonds is 0. The van der Waals surface area contributed by atoms with Crippen molar-refractivity contribution in [3.8, 4) is 0 Å². The molecule has 0 fully saturated rings. The van der Waals surface area contributed by atoms with Crippen LogP contribution in [0.4, 0.5) is 0 Å². The Morgan fingerprint density at radius 3 is 1.07 bits per heavy atom. The van der Waals surface area contributed by atoms with Gasteiger partial charge < -0.3 is 0 Å². The first-order valence-electron chi connectivity index (χ1n) is 3.15. The summed E-state index contributed by atoms with van der Waals surface area (Å²) < 4.78 is 22.5. The Balaban J connectivity index is -0.0000000755. The molecule has 0 aliphatic heterocycles. The van der Waals surface area contributed by atoms with Crippen molar-refractivity contribution < 1.29 is 31.0 Å². The number of hydrogen-bond donors (Lipinski definition) is 0. The maximum absolute atomic E-state index is 7.50. The second-order valence-corrected chi connectivity index (χ2v) is 1.77. The Bertz CT molecular complexity index is 336. The van der Waals surface area contributed by atoms with Gasteiger partial charge in [-0.1, -0.05) is 37.4 Å². The SMILES string of the molecule is C=c1ccccc1=C.[C-]#[O+].[C-]#[O+].[C-]#[O+].[Fe]. The Morgan fingerprint density at radius 2 is 0.933 bits per heavy atom. The molecular weight excluding hydrogens is 236 g/mol. The molecule has 0 heterocycles. The molecule has 78 valence electrons. The fraction of sp³-hybridized carbons (Fsp3) is 0. The normalized spacial score (nSPS) is 5.20. The van der Waals surface area contributed by atoms with E-state index in [0.717, 1.165) is 10.4 Å². The summed E-state index contributed by atoms with van der Waals surface area (Å²) in [5, 5.41) is 2.01. The van der Waals surface area contributed by atoms with E-state index in [2.05, 4.69) is 33.1 Å². The minimum atomic E-state index is 0. The van der Waals surface area contributed by atoms with E-state index in [0.29, 0.717) is 0 Å². The molecule has 0 radical (unpaired) electrons. The molecule has 15 heavy (non-hydrogen) atoms. The van der Waals surface area contributed by atoms with Gasteiger partial charge in [0.1, 0.15) is 0 Å². The van der Waals surface area contributed by atoms with E-state index in [1.807, 2.05) is 24.3 Å². The topological polar surface area (TPSA) is 59.7 Å². The van der Waals surface area contributed by atoms with E-state index in [1.165, 1.54) is 0 Å². The van der Waals surface area contributed by atoms with E-state index in [-0.39, 0.29) is 17.1 Å². The van der Waals surface area contributed by atoms with Gasteiger partial charge in [-0.3, -0.25) is 0 Å². The van der Waals surface area contributed by atoms with Crippen LogP contribution in [0.15, 0.2) is 24.3 Å². The zero-order chi connectivity index (χ0) is 12.0. The van der Waals surface area contributed by atoms with Crippen molar-refractivity contribution >= 4 is 13.2 Å². The van der Waals surface area contributed by atoms with Crippen molar-refractivity contribution in [2.24, 2.45) is 0 Å². The minimum Gasteiger partial charge on any atom is 0 e. The molecule has 0 saturated heterocycles. The van der Waals surface area contributed by atoms with Crippen LogP contribution in [0.5, 0.6) is 0 Å². The summed E-state index contributed by atoms with van der Waals surface area (Å²) in [5.74, 6) is 0. The van der Waals surface area contributed by atoms with Crippen molar-refractivity contribution in [3.63, 3.8) is 0 Å². The predicted molar refractivity (Wildman–Crippen MR) is 48.5 cm³/mol. The zero-order valence-corrected chi connectivity index (χ0v) is 8.91. The zero-order valence-electron chi connectivity index (χ0n) is 7.80. The van der Waals surface area contributed by atoms with Gasteiger partial charge in [-0.05, 0) is 10.4 Å². The first kappa shape index (κ1) is 23.5. The monoisotopic (exact) mass is 244 g/mol. The van der Waals surface area contributed by atoms with Gasteiger partial charge in [-0.2, -0.15) is 0 Å². The Hall–Kier alpha value is -1.30. The molecule has 0 aliphatic carbocycles. The standard InChI is InChI=1S/C8H8.3CO.Fe/c1-7-5-3-4-6-8(7)2;3*1-2;/h3-6H,1-2H2;;;;. The molecule has 3 nitrogen and oxygen atoms in total. The summed E-state index contributed by atoms with van der Waals surface area (Å²) in [6, 6.07) is 7.80. The van der Waals surface area contributed by atoms with Gasteiger partial charge in [0.25, 0.3) is 0 Å². The molecule has 1 aromatic carbocycles. The van der Waals surface area contributed by atoms with Crippen LogP contribution in [0.1, 0.15) is 0 Å². The molecule has 0 aliphatic rings. The summed E-state index contributed by atoms with van der Waals surface area (Å²) in [6.07, 6.45) is 0. The van der Waals surface area contributed by atoms with Crippen molar-refractivity contribution in [3.05, 3.63) is 54.7 Å². The van der Waals surface area contributed by atoms with Crippen LogP contribution >= 0.6 is 0 Å². The third-order valence-electron chi connectivity index (χ3n) is 1.12. The van der Waals surface area contributed by atoms with Crippen LogP contribution in [0, 0.1) is 20.0 Å². The van der Waals surface area contributed by atoms with E-state index < -0.39 is 0 Å². The van der Waals surface area contributed by atoms with Crippen molar-refractivity contribution in [1.29, 1.82) is 0 Å². The summed E-state index contributed by atoms with van der Waals surface area (Å²) >= 11 is 0. The summed E-state index contributed by atoms with van der Waals surface area (Å²) in [6.45, 7) is 21.0. The van der Waals surface area contributed by atoms with E-state index in [4.69, 9.17) is 14.0 Å². The van der Waals surface area contributed by atoms with Gasteiger partial charge in [0, 0.05) is 17.1 Å². The molecular formula is C11H8FeO3. The molecule has 0 unspecified atom stereocenters. The first-order chi connectivity index (χ1) is 6.80. The number of hydrogen-bond acceptors (Lipinski definition) is 0. The second-order valence-electron chi connectivity index (χ2n) is 1.77. The van der Waals surface area contributed by atoms with E-state index >= 15 is 0 Å². The molecule has 1 aromatic rings. The summed E-state index contributed by atoms with van der Waals surface area (Å²) in [7, 11) is 0. The quantitative estimate of drug-likeness (QED) is 0.360. The molecule has 0 aromatic heterocycles. The van der Waals surface area contributed by atoms with Crippen molar-refractivity contribution in [2.75, 3.05) is 0 Å². The van der Waals surface area contributed by atoms with Crippen LogP contribution in [-0.2, 0) is 31.0 Å². The molecule has 0 N–H and O–H groups in total. The Labute approximate surface area is 99.1 Å². The Morgan fingerprint density at radius 1 is 0.733 bits per heavy atom. The summed E-state index contributed by atoms with van der Waals surface area (Å²) in [4.78, 5) is 0. The van der Waals surface area contributed by atoms with Crippen LogP contribution < -0.4 is 10.4 Å². The third-order valence-corrected chi connectivity index (χ3v) is 1.12. The predicted octanol–water partition coefficient (Wildman–Crippen LogP) is 0.392. The average molecular weight is 244 g/mol. The van der Waals surface area contributed by atoms with E-state index in [9.17, 15) is 0 Å². The van der Waals surface area contributed by atoms with Gasteiger partial charge >= 0.3 is 33.9 Å².